The van der Waals surface area contributed by atoms with Crippen molar-refractivity contribution in [2.24, 2.45) is 0 Å². The Hall–Kier alpha value is -2.00. The van der Waals surface area contributed by atoms with Crippen molar-refractivity contribution >= 4 is 10.0 Å². The first-order valence-electron chi connectivity index (χ1n) is 10.8. The number of rotatable bonds is 9. The molecule has 1 aromatic carbocycles. The van der Waals surface area contributed by atoms with Crippen LogP contribution in [-0.2, 0) is 10.0 Å². The largest absolute Gasteiger partial charge is 0.491 e. The highest BCUT2D eigenvalue weighted by molar-refractivity contribution is 7.89. The van der Waals surface area contributed by atoms with Gasteiger partial charge in [0.05, 0.1) is 11.5 Å². The van der Waals surface area contributed by atoms with Gasteiger partial charge in [0.25, 0.3) is 0 Å². The minimum Gasteiger partial charge on any atom is -0.491 e. The van der Waals surface area contributed by atoms with Crippen LogP contribution in [0, 0.1) is 5.82 Å². The Morgan fingerprint density at radius 3 is 2.83 bits per heavy atom. The normalized spacial score (nSPS) is 22.2. The summed E-state index contributed by atoms with van der Waals surface area (Å²) in [5, 5.41) is 8.34. The highest BCUT2D eigenvalue weighted by atomic mass is 32.2. The van der Waals surface area contributed by atoms with E-state index in [-0.39, 0.29) is 22.7 Å². The minimum atomic E-state index is -3.82. The van der Waals surface area contributed by atoms with Crippen molar-refractivity contribution < 1.29 is 17.5 Å². The molecule has 0 spiro atoms. The zero-order chi connectivity index (χ0) is 21.1. The lowest BCUT2D eigenvalue weighted by molar-refractivity contribution is 0.293. The second-order valence-corrected chi connectivity index (χ2v) is 10.0. The van der Waals surface area contributed by atoms with E-state index in [1.165, 1.54) is 12.1 Å². The number of ether oxygens (including phenoxy) is 1. The van der Waals surface area contributed by atoms with E-state index in [1.807, 2.05) is 6.92 Å². The summed E-state index contributed by atoms with van der Waals surface area (Å²) in [5.74, 6) is 0.934. The summed E-state index contributed by atoms with van der Waals surface area (Å²) in [6, 6.07) is 3.81. The summed E-state index contributed by atoms with van der Waals surface area (Å²) in [7, 11) is -3.82. The molecule has 0 saturated heterocycles. The number of aromatic nitrogens is 3. The van der Waals surface area contributed by atoms with Crippen molar-refractivity contribution in [3.63, 3.8) is 0 Å². The molecular weight excluding hydrogens is 407 g/mol. The zero-order valence-corrected chi connectivity index (χ0v) is 18.1. The SMILES string of the molecule is CCCCOc1ccc(S(=O)(=O)NC2CCCC(n3cnnc3C3CC3)C2)cc1F. The maximum absolute atomic E-state index is 14.3. The fourth-order valence-electron chi connectivity index (χ4n) is 4.07. The number of halogens is 1. The van der Waals surface area contributed by atoms with Gasteiger partial charge in [-0.25, -0.2) is 17.5 Å². The molecule has 164 valence electrons. The number of unbranched alkanes of at least 4 members (excludes halogenated alkanes) is 1. The molecule has 2 atom stereocenters. The van der Waals surface area contributed by atoms with Gasteiger partial charge in [0, 0.05) is 18.0 Å². The Balaban J connectivity index is 1.42. The van der Waals surface area contributed by atoms with Gasteiger partial charge in [-0.15, -0.1) is 10.2 Å². The molecule has 2 fully saturated rings. The molecule has 2 saturated carbocycles. The molecule has 0 bridgehead atoms. The van der Waals surface area contributed by atoms with Crippen LogP contribution in [0.3, 0.4) is 0 Å². The number of nitrogens with one attached hydrogen (secondary N) is 1. The molecule has 2 aliphatic rings. The van der Waals surface area contributed by atoms with Gasteiger partial charge >= 0.3 is 0 Å². The topological polar surface area (TPSA) is 86.1 Å². The lowest BCUT2D eigenvalue weighted by Gasteiger charge is -2.31. The number of sulfonamides is 1. The first-order chi connectivity index (χ1) is 14.5. The monoisotopic (exact) mass is 436 g/mol. The molecule has 2 aromatic rings. The second kappa shape index (κ2) is 9.01. The molecule has 0 amide bonds. The van der Waals surface area contributed by atoms with E-state index in [9.17, 15) is 12.8 Å². The van der Waals surface area contributed by atoms with Gasteiger partial charge in [-0.1, -0.05) is 13.3 Å². The summed E-state index contributed by atoms with van der Waals surface area (Å²) in [4.78, 5) is -0.0760. The molecule has 7 nitrogen and oxygen atoms in total. The molecule has 0 radical (unpaired) electrons. The fourth-order valence-corrected chi connectivity index (χ4v) is 5.36. The van der Waals surface area contributed by atoms with Gasteiger partial charge in [0.1, 0.15) is 12.2 Å². The molecule has 4 rings (SSSR count). The van der Waals surface area contributed by atoms with Crippen LogP contribution < -0.4 is 9.46 Å². The standard InChI is InChI=1S/C21H29FN4O3S/c1-2-3-11-29-20-10-9-18(13-19(20)22)30(27,28)25-16-5-4-6-17(12-16)26-14-23-24-21(26)15-7-8-15/h9-10,13-17,25H,2-8,11-12H2,1H3. The highest BCUT2D eigenvalue weighted by Crippen LogP contribution is 2.41. The lowest BCUT2D eigenvalue weighted by Crippen LogP contribution is -2.39. The van der Waals surface area contributed by atoms with Gasteiger partial charge in [-0.05, 0) is 63.1 Å². The summed E-state index contributed by atoms with van der Waals surface area (Å²) >= 11 is 0. The third-order valence-electron chi connectivity index (χ3n) is 5.87. The van der Waals surface area contributed by atoms with Gasteiger partial charge in [0.15, 0.2) is 11.6 Å². The molecule has 2 unspecified atom stereocenters. The lowest BCUT2D eigenvalue weighted by atomic mass is 9.91. The van der Waals surface area contributed by atoms with Gasteiger partial charge in [-0.2, -0.15) is 0 Å². The predicted molar refractivity (Wildman–Crippen MR) is 110 cm³/mol. The van der Waals surface area contributed by atoms with Crippen molar-refractivity contribution in [1.82, 2.24) is 19.5 Å². The third-order valence-corrected chi connectivity index (χ3v) is 7.39. The predicted octanol–water partition coefficient (Wildman–Crippen LogP) is 3.94. The number of benzene rings is 1. The van der Waals surface area contributed by atoms with Crippen LogP contribution in [0.2, 0.25) is 0 Å². The average Bonchev–Trinajstić information content (AvgIpc) is 3.45. The van der Waals surface area contributed by atoms with E-state index >= 15 is 0 Å². The van der Waals surface area contributed by atoms with E-state index in [1.54, 1.807) is 6.33 Å². The van der Waals surface area contributed by atoms with Crippen LogP contribution >= 0.6 is 0 Å². The van der Waals surface area contributed by atoms with Gasteiger partial charge in [-0.3, -0.25) is 0 Å². The van der Waals surface area contributed by atoms with E-state index < -0.39 is 15.8 Å². The van der Waals surface area contributed by atoms with Crippen molar-refractivity contribution in [1.29, 1.82) is 0 Å². The Bertz CT molecular complexity index is 974. The number of nitrogens with zero attached hydrogens (tertiary/aromatic N) is 3. The van der Waals surface area contributed by atoms with Crippen LogP contribution in [0.5, 0.6) is 5.75 Å². The van der Waals surface area contributed by atoms with Gasteiger partial charge < -0.3 is 9.30 Å². The summed E-state index contributed by atoms with van der Waals surface area (Å²) < 4.78 is 50.3. The number of hydrogen-bond acceptors (Lipinski definition) is 5. The van der Waals surface area contributed by atoms with Crippen molar-refractivity contribution in [3.8, 4) is 5.75 Å². The smallest absolute Gasteiger partial charge is 0.240 e. The van der Waals surface area contributed by atoms with Gasteiger partial charge in [0.2, 0.25) is 10.0 Å². The second-order valence-electron chi connectivity index (χ2n) is 8.30. The Morgan fingerprint density at radius 1 is 1.27 bits per heavy atom. The van der Waals surface area contributed by atoms with Crippen molar-refractivity contribution in [3.05, 3.63) is 36.2 Å². The Morgan fingerprint density at radius 2 is 2.10 bits per heavy atom. The maximum atomic E-state index is 14.3. The first kappa shape index (κ1) is 21.2. The third kappa shape index (κ3) is 4.83. The average molecular weight is 437 g/mol. The molecule has 1 aromatic heterocycles. The molecular formula is C21H29FN4O3S. The first-order valence-corrected chi connectivity index (χ1v) is 12.3. The zero-order valence-electron chi connectivity index (χ0n) is 17.3. The van der Waals surface area contributed by atoms with Crippen LogP contribution in [0.1, 0.15) is 76.1 Å². The van der Waals surface area contributed by atoms with E-state index in [4.69, 9.17) is 4.74 Å². The van der Waals surface area contributed by atoms with Crippen LogP contribution in [0.4, 0.5) is 4.39 Å². The summed E-state index contributed by atoms with van der Waals surface area (Å²) in [6.07, 6.45) is 9.15. The molecule has 9 heteroatoms. The summed E-state index contributed by atoms with van der Waals surface area (Å²) in [6.45, 7) is 2.43. The van der Waals surface area contributed by atoms with E-state index in [2.05, 4.69) is 19.5 Å². The minimum absolute atomic E-state index is 0.0760. The Kier molecular flexibility index (Phi) is 6.38. The summed E-state index contributed by atoms with van der Waals surface area (Å²) in [5.41, 5.74) is 0. The molecule has 0 aliphatic heterocycles. The van der Waals surface area contributed by atoms with Crippen molar-refractivity contribution in [2.45, 2.75) is 81.2 Å². The highest BCUT2D eigenvalue weighted by Gasteiger charge is 2.33. The van der Waals surface area contributed by atoms with Crippen LogP contribution in [0.15, 0.2) is 29.4 Å². The van der Waals surface area contributed by atoms with E-state index in [0.29, 0.717) is 18.9 Å². The van der Waals surface area contributed by atoms with Crippen LogP contribution in [-0.4, -0.2) is 35.8 Å². The van der Waals surface area contributed by atoms with Crippen molar-refractivity contribution in [2.75, 3.05) is 6.61 Å². The van der Waals surface area contributed by atoms with E-state index in [0.717, 1.165) is 56.8 Å². The Labute approximate surface area is 177 Å². The quantitative estimate of drug-likeness (QED) is 0.602. The van der Waals surface area contributed by atoms with Crippen LogP contribution in [0.25, 0.3) is 0 Å². The molecule has 1 N–H and O–H groups in total. The fraction of sp³-hybridized carbons (Fsp3) is 0.619. The molecule has 2 aliphatic carbocycles. The molecule has 30 heavy (non-hydrogen) atoms. The number of hydrogen-bond donors (Lipinski definition) is 1. The maximum Gasteiger partial charge on any atom is 0.240 e. The molecule has 1 heterocycles.